The Morgan fingerprint density at radius 2 is 1.94 bits per heavy atom. The number of nitrogens with one attached hydrogen (secondary N) is 1. The molecule has 1 nitrogen and oxygen atoms in total. The van der Waals surface area contributed by atoms with Gasteiger partial charge in [-0.05, 0) is 24.6 Å². The molecule has 17 heavy (non-hydrogen) atoms. The summed E-state index contributed by atoms with van der Waals surface area (Å²) in [5, 5.41) is 3.34. The van der Waals surface area contributed by atoms with Gasteiger partial charge in [0.25, 0.3) is 0 Å². The van der Waals surface area contributed by atoms with Crippen molar-refractivity contribution in [3.63, 3.8) is 0 Å². The van der Waals surface area contributed by atoms with Crippen molar-refractivity contribution in [2.75, 3.05) is 12.3 Å². The van der Waals surface area contributed by atoms with E-state index in [1.807, 2.05) is 0 Å². The fraction of sp³-hybridized carbons (Fsp3) is 0.538. The minimum Gasteiger partial charge on any atom is -0.314 e. The van der Waals surface area contributed by atoms with E-state index >= 15 is 0 Å². The van der Waals surface area contributed by atoms with Crippen molar-refractivity contribution >= 4 is 11.8 Å². The molecule has 1 atom stereocenters. The lowest BCUT2D eigenvalue weighted by Gasteiger charge is -2.14. The van der Waals surface area contributed by atoms with E-state index < -0.39 is 11.6 Å². The van der Waals surface area contributed by atoms with Gasteiger partial charge in [0, 0.05) is 22.8 Å². The predicted molar refractivity (Wildman–Crippen MR) is 69.4 cm³/mol. The molecule has 0 heterocycles. The van der Waals surface area contributed by atoms with Gasteiger partial charge in [0.2, 0.25) is 0 Å². The van der Waals surface area contributed by atoms with Crippen molar-refractivity contribution in [1.29, 1.82) is 0 Å². The molecular formula is C13H19F2NS. The molecule has 1 rings (SSSR count). The highest BCUT2D eigenvalue weighted by atomic mass is 32.2. The topological polar surface area (TPSA) is 12.0 Å². The molecule has 0 saturated carbocycles. The third-order valence-corrected chi connectivity index (χ3v) is 3.67. The molecule has 96 valence electrons. The number of hydrogen-bond acceptors (Lipinski definition) is 2. The van der Waals surface area contributed by atoms with Gasteiger partial charge < -0.3 is 5.32 Å². The molecule has 0 aromatic heterocycles. The first-order valence-corrected chi connectivity index (χ1v) is 6.79. The van der Waals surface area contributed by atoms with Crippen LogP contribution < -0.4 is 5.32 Å². The van der Waals surface area contributed by atoms with Gasteiger partial charge in [0.1, 0.15) is 11.6 Å². The second-order valence-corrected chi connectivity index (χ2v) is 5.62. The molecule has 0 radical (unpaired) electrons. The second kappa shape index (κ2) is 6.97. The fourth-order valence-corrected chi connectivity index (χ4v) is 2.26. The maximum atomic E-state index is 13.3. The standard InChI is InChI=1S/C13H19F2NS/c1-9(2)16-7-10(3)8-17-13-5-4-11(14)6-12(13)15/h4-6,9-10,16H,7-8H2,1-3H3. The van der Waals surface area contributed by atoms with Crippen LogP contribution in [0.1, 0.15) is 20.8 Å². The molecule has 0 fully saturated rings. The highest BCUT2D eigenvalue weighted by molar-refractivity contribution is 7.99. The highest BCUT2D eigenvalue weighted by Gasteiger charge is 2.08. The summed E-state index contributed by atoms with van der Waals surface area (Å²) in [7, 11) is 0. The molecule has 1 unspecified atom stereocenters. The SMILES string of the molecule is CC(CNC(C)C)CSc1ccc(F)cc1F. The quantitative estimate of drug-likeness (QED) is 0.782. The molecule has 0 saturated heterocycles. The van der Waals surface area contributed by atoms with E-state index in [1.54, 1.807) is 0 Å². The van der Waals surface area contributed by atoms with Crippen LogP contribution in [0.25, 0.3) is 0 Å². The molecule has 0 amide bonds. The summed E-state index contributed by atoms with van der Waals surface area (Å²) in [5.74, 6) is 0.273. The molecule has 0 aliphatic heterocycles. The normalized spacial score (nSPS) is 13.1. The van der Waals surface area contributed by atoms with Gasteiger partial charge in [-0.15, -0.1) is 11.8 Å². The Balaban J connectivity index is 2.39. The minimum atomic E-state index is -0.527. The van der Waals surface area contributed by atoms with Crippen molar-refractivity contribution in [3.05, 3.63) is 29.8 Å². The summed E-state index contributed by atoms with van der Waals surface area (Å²) in [6, 6.07) is 4.18. The van der Waals surface area contributed by atoms with Crippen LogP contribution in [0.4, 0.5) is 8.78 Å². The maximum absolute atomic E-state index is 13.3. The average Bonchev–Trinajstić information content (AvgIpc) is 2.25. The van der Waals surface area contributed by atoms with Crippen LogP contribution in [0.3, 0.4) is 0 Å². The van der Waals surface area contributed by atoms with E-state index in [2.05, 4.69) is 26.1 Å². The Morgan fingerprint density at radius 3 is 2.53 bits per heavy atom. The maximum Gasteiger partial charge on any atom is 0.139 e. The summed E-state index contributed by atoms with van der Waals surface area (Å²) in [6.07, 6.45) is 0. The van der Waals surface area contributed by atoms with Crippen molar-refractivity contribution in [3.8, 4) is 0 Å². The van der Waals surface area contributed by atoms with Crippen molar-refractivity contribution in [2.45, 2.75) is 31.7 Å². The van der Waals surface area contributed by atoms with Gasteiger partial charge in [-0.3, -0.25) is 0 Å². The molecule has 1 N–H and O–H groups in total. The Hall–Kier alpha value is -0.610. The zero-order chi connectivity index (χ0) is 12.8. The van der Waals surface area contributed by atoms with Gasteiger partial charge in [0.05, 0.1) is 0 Å². The molecule has 0 spiro atoms. The van der Waals surface area contributed by atoms with Gasteiger partial charge in [-0.1, -0.05) is 20.8 Å². The lowest BCUT2D eigenvalue weighted by Crippen LogP contribution is -2.28. The summed E-state index contributed by atoms with van der Waals surface area (Å²) >= 11 is 1.43. The van der Waals surface area contributed by atoms with Crippen LogP contribution in [0.5, 0.6) is 0 Å². The van der Waals surface area contributed by atoms with Crippen LogP contribution in [-0.4, -0.2) is 18.3 Å². The van der Waals surface area contributed by atoms with Crippen LogP contribution in [-0.2, 0) is 0 Å². The fourth-order valence-electron chi connectivity index (χ4n) is 1.32. The van der Waals surface area contributed by atoms with E-state index in [4.69, 9.17) is 0 Å². The van der Waals surface area contributed by atoms with E-state index in [1.165, 1.54) is 23.9 Å². The van der Waals surface area contributed by atoms with E-state index in [-0.39, 0.29) is 0 Å². The van der Waals surface area contributed by atoms with E-state index in [9.17, 15) is 8.78 Å². The predicted octanol–water partition coefficient (Wildman–Crippen LogP) is 3.69. The van der Waals surface area contributed by atoms with Crippen LogP contribution >= 0.6 is 11.8 Å². The van der Waals surface area contributed by atoms with Crippen molar-refractivity contribution in [2.24, 2.45) is 5.92 Å². The molecule has 0 aliphatic carbocycles. The van der Waals surface area contributed by atoms with E-state index in [0.29, 0.717) is 16.9 Å². The second-order valence-electron chi connectivity index (χ2n) is 4.55. The number of rotatable bonds is 6. The monoisotopic (exact) mass is 259 g/mol. The van der Waals surface area contributed by atoms with Gasteiger partial charge >= 0.3 is 0 Å². The van der Waals surface area contributed by atoms with Crippen LogP contribution in [0.15, 0.2) is 23.1 Å². The molecule has 0 aliphatic rings. The first-order valence-electron chi connectivity index (χ1n) is 5.80. The van der Waals surface area contributed by atoms with Gasteiger partial charge in [-0.2, -0.15) is 0 Å². The Kier molecular flexibility index (Phi) is 5.92. The average molecular weight is 259 g/mol. The van der Waals surface area contributed by atoms with Gasteiger partial charge in [0.15, 0.2) is 0 Å². The lowest BCUT2D eigenvalue weighted by molar-refractivity contribution is 0.509. The number of thioether (sulfide) groups is 1. The number of halogens is 2. The minimum absolute atomic E-state index is 0.451. The molecule has 0 bridgehead atoms. The summed E-state index contributed by atoms with van der Waals surface area (Å²) in [6.45, 7) is 7.22. The first-order chi connectivity index (χ1) is 7.99. The zero-order valence-corrected chi connectivity index (χ0v) is 11.3. The Morgan fingerprint density at radius 1 is 1.24 bits per heavy atom. The molecule has 1 aromatic carbocycles. The number of hydrogen-bond donors (Lipinski definition) is 1. The van der Waals surface area contributed by atoms with Gasteiger partial charge in [-0.25, -0.2) is 8.78 Å². The van der Waals surface area contributed by atoms with Crippen LogP contribution in [0, 0.1) is 17.6 Å². The first kappa shape index (κ1) is 14.5. The Labute approximate surface area is 106 Å². The lowest BCUT2D eigenvalue weighted by atomic mass is 10.2. The highest BCUT2D eigenvalue weighted by Crippen LogP contribution is 2.24. The van der Waals surface area contributed by atoms with E-state index in [0.717, 1.165) is 18.4 Å². The molecular weight excluding hydrogens is 240 g/mol. The van der Waals surface area contributed by atoms with Crippen molar-refractivity contribution in [1.82, 2.24) is 5.32 Å². The number of benzene rings is 1. The zero-order valence-electron chi connectivity index (χ0n) is 10.5. The summed E-state index contributed by atoms with van der Waals surface area (Å²) < 4.78 is 26.0. The largest absolute Gasteiger partial charge is 0.314 e. The molecule has 4 heteroatoms. The third kappa shape index (κ3) is 5.50. The summed E-state index contributed by atoms with van der Waals surface area (Å²) in [4.78, 5) is 0.516. The third-order valence-electron chi connectivity index (χ3n) is 2.29. The Bertz CT molecular complexity index is 355. The molecule has 1 aromatic rings. The smallest absolute Gasteiger partial charge is 0.139 e. The van der Waals surface area contributed by atoms with Crippen molar-refractivity contribution < 1.29 is 8.78 Å². The van der Waals surface area contributed by atoms with Crippen LogP contribution in [0.2, 0.25) is 0 Å². The summed E-state index contributed by atoms with van der Waals surface area (Å²) in [5.41, 5.74) is 0.